The summed E-state index contributed by atoms with van der Waals surface area (Å²) in [4.78, 5) is 22.5. The van der Waals surface area contributed by atoms with Crippen LogP contribution < -0.4 is 0 Å². The van der Waals surface area contributed by atoms with Crippen LogP contribution in [0.25, 0.3) is 10.1 Å². The number of carbonyl (C=O) groups is 2. The van der Waals surface area contributed by atoms with E-state index in [0.717, 1.165) is 15.6 Å². The summed E-state index contributed by atoms with van der Waals surface area (Å²) >= 11 is 1.30. The molecule has 0 aliphatic heterocycles. The molecule has 0 atom stereocenters. The van der Waals surface area contributed by atoms with Gasteiger partial charge in [0.15, 0.2) is 0 Å². The van der Waals surface area contributed by atoms with E-state index in [4.69, 9.17) is 5.11 Å². The Kier molecular flexibility index (Phi) is 3.10. The Bertz CT molecular complexity index is 585. The molecular formula is C12H10O4S. The smallest absolute Gasteiger partial charge is 0.348 e. The minimum absolute atomic E-state index is 0.0125. The van der Waals surface area contributed by atoms with Gasteiger partial charge in [-0.05, 0) is 23.1 Å². The van der Waals surface area contributed by atoms with E-state index >= 15 is 0 Å². The number of thiophene rings is 1. The van der Waals surface area contributed by atoms with Crippen LogP contribution in [-0.2, 0) is 16.0 Å². The zero-order valence-corrected chi connectivity index (χ0v) is 9.91. The van der Waals surface area contributed by atoms with Crippen molar-refractivity contribution in [1.82, 2.24) is 0 Å². The van der Waals surface area contributed by atoms with Gasteiger partial charge in [0.2, 0.25) is 0 Å². The van der Waals surface area contributed by atoms with Crippen molar-refractivity contribution < 1.29 is 19.4 Å². The molecule has 0 radical (unpaired) electrons. The maximum Gasteiger partial charge on any atom is 0.348 e. The molecule has 0 saturated carbocycles. The van der Waals surface area contributed by atoms with E-state index in [1.54, 1.807) is 18.2 Å². The average molecular weight is 250 g/mol. The predicted octanol–water partition coefficient (Wildman–Crippen LogP) is 2.31. The number of hydrogen-bond acceptors (Lipinski definition) is 4. The first-order chi connectivity index (χ1) is 8.10. The van der Waals surface area contributed by atoms with Gasteiger partial charge in [-0.3, -0.25) is 4.79 Å². The van der Waals surface area contributed by atoms with Crippen LogP contribution in [0.4, 0.5) is 0 Å². The second-order valence-corrected chi connectivity index (χ2v) is 4.63. The minimum atomic E-state index is -0.867. The van der Waals surface area contributed by atoms with Gasteiger partial charge in [-0.2, -0.15) is 0 Å². The minimum Gasteiger partial charge on any atom is -0.481 e. The molecule has 4 nitrogen and oxygen atoms in total. The Morgan fingerprint density at radius 1 is 1.35 bits per heavy atom. The number of methoxy groups -OCH3 is 1. The molecular weight excluding hydrogens is 240 g/mol. The second-order valence-electron chi connectivity index (χ2n) is 3.54. The van der Waals surface area contributed by atoms with Gasteiger partial charge in [0.1, 0.15) is 4.88 Å². The van der Waals surface area contributed by atoms with E-state index < -0.39 is 5.97 Å². The van der Waals surface area contributed by atoms with Crippen molar-refractivity contribution >= 4 is 33.4 Å². The van der Waals surface area contributed by atoms with Crippen molar-refractivity contribution in [3.63, 3.8) is 0 Å². The zero-order chi connectivity index (χ0) is 12.4. The number of fused-ring (bicyclic) bond motifs is 1. The number of aliphatic carboxylic acids is 1. The summed E-state index contributed by atoms with van der Waals surface area (Å²) in [6.07, 6.45) is -0.0125. The molecule has 0 aliphatic carbocycles. The second kappa shape index (κ2) is 4.55. The molecule has 2 rings (SSSR count). The van der Waals surface area contributed by atoms with Crippen LogP contribution in [-0.4, -0.2) is 24.2 Å². The highest BCUT2D eigenvalue weighted by Crippen LogP contribution is 2.27. The fourth-order valence-corrected chi connectivity index (χ4v) is 2.61. The van der Waals surface area contributed by atoms with E-state index in [1.165, 1.54) is 18.4 Å². The molecule has 88 valence electrons. The number of esters is 1. The van der Waals surface area contributed by atoms with Crippen LogP contribution in [0.2, 0.25) is 0 Å². The molecule has 17 heavy (non-hydrogen) atoms. The van der Waals surface area contributed by atoms with Crippen molar-refractivity contribution in [2.24, 2.45) is 0 Å². The van der Waals surface area contributed by atoms with Crippen LogP contribution in [0, 0.1) is 0 Å². The number of carboxylic acid groups (broad SMARTS) is 1. The molecule has 0 spiro atoms. The molecule has 1 aromatic carbocycles. The highest BCUT2D eigenvalue weighted by molar-refractivity contribution is 7.20. The van der Waals surface area contributed by atoms with Gasteiger partial charge < -0.3 is 9.84 Å². The van der Waals surface area contributed by atoms with Crippen LogP contribution in [0.1, 0.15) is 15.2 Å². The Labute approximate surface area is 101 Å². The van der Waals surface area contributed by atoms with Crippen molar-refractivity contribution in [2.75, 3.05) is 7.11 Å². The van der Waals surface area contributed by atoms with Gasteiger partial charge >= 0.3 is 11.9 Å². The highest BCUT2D eigenvalue weighted by Gasteiger charge is 2.11. The van der Waals surface area contributed by atoms with Gasteiger partial charge in [0.25, 0.3) is 0 Å². The maximum absolute atomic E-state index is 11.3. The first-order valence-corrected chi connectivity index (χ1v) is 5.74. The number of carbonyl (C=O) groups excluding carboxylic acids is 1. The number of benzene rings is 1. The van der Waals surface area contributed by atoms with E-state index in [0.29, 0.717) is 4.88 Å². The SMILES string of the molecule is COC(=O)c1cc2ccc(CC(=O)O)cc2s1. The van der Waals surface area contributed by atoms with Crippen molar-refractivity contribution in [1.29, 1.82) is 0 Å². The molecule has 0 unspecified atom stereocenters. The lowest BCUT2D eigenvalue weighted by atomic mass is 10.1. The Morgan fingerprint density at radius 3 is 2.76 bits per heavy atom. The largest absolute Gasteiger partial charge is 0.481 e. The van der Waals surface area contributed by atoms with Crippen LogP contribution >= 0.6 is 11.3 Å². The van der Waals surface area contributed by atoms with E-state index in [-0.39, 0.29) is 12.4 Å². The Balaban J connectivity index is 2.40. The van der Waals surface area contributed by atoms with Crippen molar-refractivity contribution in [3.05, 3.63) is 34.7 Å². The van der Waals surface area contributed by atoms with Crippen LogP contribution in [0.15, 0.2) is 24.3 Å². The van der Waals surface area contributed by atoms with Gasteiger partial charge in [0.05, 0.1) is 13.5 Å². The molecule has 0 aliphatic rings. The number of ether oxygens (including phenoxy) is 1. The zero-order valence-electron chi connectivity index (χ0n) is 9.10. The number of rotatable bonds is 3. The molecule has 1 aromatic heterocycles. The normalized spacial score (nSPS) is 10.4. The Hall–Kier alpha value is -1.88. The average Bonchev–Trinajstić information content (AvgIpc) is 2.70. The molecule has 1 heterocycles. The van der Waals surface area contributed by atoms with Gasteiger partial charge in [-0.15, -0.1) is 11.3 Å². The molecule has 1 N–H and O–H groups in total. The standard InChI is InChI=1S/C12H10O4S/c1-16-12(15)10-6-8-3-2-7(5-11(13)14)4-9(8)17-10/h2-4,6H,5H2,1H3,(H,13,14). The summed E-state index contributed by atoms with van der Waals surface area (Å²) in [5, 5.41) is 9.62. The lowest BCUT2D eigenvalue weighted by molar-refractivity contribution is -0.136. The fraction of sp³-hybridized carbons (Fsp3) is 0.167. The van der Waals surface area contributed by atoms with Crippen molar-refractivity contribution in [2.45, 2.75) is 6.42 Å². The number of hydrogen-bond donors (Lipinski definition) is 1. The van der Waals surface area contributed by atoms with E-state index in [9.17, 15) is 9.59 Å². The summed E-state index contributed by atoms with van der Waals surface area (Å²) in [5.41, 5.74) is 0.725. The third-order valence-electron chi connectivity index (χ3n) is 2.33. The Morgan fingerprint density at radius 2 is 2.12 bits per heavy atom. The quantitative estimate of drug-likeness (QED) is 0.849. The first kappa shape index (κ1) is 11.6. The van der Waals surface area contributed by atoms with E-state index in [1.807, 2.05) is 6.07 Å². The molecule has 0 bridgehead atoms. The summed E-state index contributed by atoms with van der Waals surface area (Å²) in [7, 11) is 1.34. The van der Waals surface area contributed by atoms with Crippen LogP contribution in [0.3, 0.4) is 0 Å². The fourth-order valence-electron chi connectivity index (χ4n) is 1.56. The predicted molar refractivity (Wildman–Crippen MR) is 64.5 cm³/mol. The summed E-state index contributed by atoms with van der Waals surface area (Å²) in [5.74, 6) is -1.24. The molecule has 2 aromatic rings. The van der Waals surface area contributed by atoms with Gasteiger partial charge in [0, 0.05) is 4.70 Å². The third-order valence-corrected chi connectivity index (χ3v) is 3.40. The monoisotopic (exact) mass is 250 g/mol. The first-order valence-electron chi connectivity index (χ1n) is 4.92. The topological polar surface area (TPSA) is 63.6 Å². The third kappa shape index (κ3) is 2.45. The number of carboxylic acids is 1. The van der Waals surface area contributed by atoms with Crippen molar-refractivity contribution in [3.8, 4) is 0 Å². The molecule has 0 fully saturated rings. The van der Waals surface area contributed by atoms with Gasteiger partial charge in [-0.1, -0.05) is 12.1 Å². The molecule has 0 saturated heterocycles. The van der Waals surface area contributed by atoms with Gasteiger partial charge in [-0.25, -0.2) is 4.79 Å². The summed E-state index contributed by atoms with van der Waals surface area (Å²) in [6.45, 7) is 0. The maximum atomic E-state index is 11.3. The summed E-state index contributed by atoms with van der Waals surface area (Å²) in [6, 6.07) is 7.11. The van der Waals surface area contributed by atoms with Crippen LogP contribution in [0.5, 0.6) is 0 Å². The lowest BCUT2D eigenvalue weighted by Crippen LogP contribution is -1.99. The molecule has 5 heteroatoms. The highest BCUT2D eigenvalue weighted by atomic mass is 32.1. The van der Waals surface area contributed by atoms with E-state index in [2.05, 4.69) is 4.74 Å². The molecule has 0 amide bonds. The summed E-state index contributed by atoms with van der Waals surface area (Å²) < 4.78 is 5.53. The lowest BCUT2D eigenvalue weighted by Gasteiger charge is -1.96.